The number of thiazole rings is 2. The number of hydrogen-bond acceptors (Lipinski definition) is 6. The Morgan fingerprint density at radius 2 is 1.97 bits per heavy atom. The summed E-state index contributed by atoms with van der Waals surface area (Å²) < 4.78 is 1.81. The summed E-state index contributed by atoms with van der Waals surface area (Å²) in [7, 11) is 0. The van der Waals surface area contributed by atoms with E-state index in [1.807, 2.05) is 34.7 Å². The first kappa shape index (κ1) is 21.8. The van der Waals surface area contributed by atoms with E-state index in [-0.39, 0.29) is 17.9 Å². The first-order valence-electron chi connectivity index (χ1n) is 10.9. The van der Waals surface area contributed by atoms with Gasteiger partial charge in [0.05, 0.1) is 21.6 Å². The van der Waals surface area contributed by atoms with Crippen LogP contribution in [0.15, 0.2) is 29.8 Å². The Morgan fingerprint density at radius 3 is 2.70 bits per heavy atom. The zero-order valence-electron chi connectivity index (χ0n) is 19.0. The standard InChI is InChI=1S/C24H25N5O2S2/c1-13-5-6-17(11-14(13)2)21-19(27-16(4)33-21)23(31)28-8-7-18(28)12-25-22(30)20-15(3)26-24-29(20)9-10-32-24/h5-6,9-11,18H,7-8,12H2,1-4H3,(H,25,30)/t18-/m0/s1. The average molecular weight is 480 g/mol. The highest BCUT2D eigenvalue weighted by molar-refractivity contribution is 7.15. The fourth-order valence-electron chi connectivity index (χ4n) is 4.17. The molecule has 4 heterocycles. The molecular weight excluding hydrogens is 454 g/mol. The SMILES string of the molecule is Cc1nc(C(=O)N2CC[C@H]2CNC(=O)c2c(C)nc3sccn23)c(-c2ccc(C)c(C)c2)s1. The zero-order valence-corrected chi connectivity index (χ0v) is 20.6. The van der Waals surface area contributed by atoms with Crippen molar-refractivity contribution >= 4 is 39.4 Å². The van der Waals surface area contributed by atoms with E-state index < -0.39 is 0 Å². The smallest absolute Gasteiger partial charge is 0.274 e. The zero-order chi connectivity index (χ0) is 23.3. The van der Waals surface area contributed by atoms with Crippen LogP contribution < -0.4 is 5.32 Å². The number of aryl methyl sites for hydroxylation is 4. The van der Waals surface area contributed by atoms with Gasteiger partial charge >= 0.3 is 0 Å². The van der Waals surface area contributed by atoms with E-state index in [1.54, 1.807) is 11.3 Å². The van der Waals surface area contributed by atoms with E-state index in [4.69, 9.17) is 0 Å². The minimum atomic E-state index is -0.168. The lowest BCUT2D eigenvalue weighted by Gasteiger charge is -2.40. The van der Waals surface area contributed by atoms with Crippen molar-refractivity contribution in [3.8, 4) is 10.4 Å². The van der Waals surface area contributed by atoms with Crippen LogP contribution in [-0.4, -0.2) is 50.2 Å². The minimum Gasteiger partial charge on any atom is -0.349 e. The number of hydrogen-bond donors (Lipinski definition) is 1. The van der Waals surface area contributed by atoms with Gasteiger partial charge in [-0.05, 0) is 50.8 Å². The van der Waals surface area contributed by atoms with Gasteiger partial charge in [0.1, 0.15) is 11.4 Å². The van der Waals surface area contributed by atoms with Gasteiger partial charge in [0.25, 0.3) is 11.8 Å². The lowest BCUT2D eigenvalue weighted by atomic mass is 10.0. The van der Waals surface area contributed by atoms with Gasteiger partial charge in [0.15, 0.2) is 4.96 Å². The van der Waals surface area contributed by atoms with E-state index >= 15 is 0 Å². The maximum atomic E-state index is 13.4. The number of amides is 2. The van der Waals surface area contributed by atoms with E-state index in [0.29, 0.717) is 30.2 Å². The normalized spacial score (nSPS) is 15.6. The molecule has 0 unspecified atom stereocenters. The van der Waals surface area contributed by atoms with Gasteiger partial charge in [-0.2, -0.15) is 0 Å². The van der Waals surface area contributed by atoms with E-state index in [9.17, 15) is 9.59 Å². The molecule has 9 heteroatoms. The fraction of sp³-hybridized carbons (Fsp3) is 0.333. The Balaban J connectivity index is 1.31. The molecule has 5 rings (SSSR count). The number of carbonyl (C=O) groups excluding carboxylic acids is 2. The molecule has 3 aromatic heterocycles. The molecular formula is C24H25N5O2S2. The van der Waals surface area contributed by atoms with E-state index in [0.717, 1.165) is 26.8 Å². The van der Waals surface area contributed by atoms with Crippen molar-refractivity contribution in [2.45, 2.75) is 40.2 Å². The Labute approximate surface area is 200 Å². The Morgan fingerprint density at radius 1 is 1.15 bits per heavy atom. The van der Waals surface area contributed by atoms with Crippen LogP contribution in [0.1, 0.15) is 49.2 Å². The summed E-state index contributed by atoms with van der Waals surface area (Å²) >= 11 is 3.04. The lowest BCUT2D eigenvalue weighted by Crippen LogP contribution is -2.56. The van der Waals surface area contributed by atoms with E-state index in [1.165, 1.54) is 22.5 Å². The van der Waals surface area contributed by atoms with Crippen molar-refractivity contribution in [3.05, 3.63) is 63.0 Å². The number of fused-ring (bicyclic) bond motifs is 1. The number of likely N-dealkylation sites (tertiary alicyclic amines) is 1. The summed E-state index contributed by atoms with van der Waals surface area (Å²) in [5.41, 5.74) is 5.19. The van der Waals surface area contributed by atoms with Gasteiger partial charge in [-0.25, -0.2) is 9.97 Å². The molecule has 1 aliphatic rings. The Kier molecular flexibility index (Phi) is 5.54. The highest BCUT2D eigenvalue weighted by Crippen LogP contribution is 2.33. The number of carbonyl (C=O) groups is 2. The molecule has 0 saturated carbocycles. The predicted octanol–water partition coefficient (Wildman–Crippen LogP) is 4.40. The van der Waals surface area contributed by atoms with Crippen molar-refractivity contribution in [3.63, 3.8) is 0 Å². The Bertz CT molecular complexity index is 1380. The monoisotopic (exact) mass is 479 g/mol. The van der Waals surface area contributed by atoms with Crippen LogP contribution in [0.3, 0.4) is 0 Å². The number of imidazole rings is 1. The van der Waals surface area contributed by atoms with Crippen molar-refractivity contribution in [1.82, 2.24) is 24.6 Å². The molecule has 170 valence electrons. The first-order chi connectivity index (χ1) is 15.8. The summed E-state index contributed by atoms with van der Waals surface area (Å²) in [6.45, 7) is 9.00. The molecule has 2 amide bonds. The van der Waals surface area contributed by atoms with Crippen LogP contribution in [0.4, 0.5) is 0 Å². The maximum absolute atomic E-state index is 13.4. The first-order valence-corrected chi connectivity index (χ1v) is 12.6. The second-order valence-electron chi connectivity index (χ2n) is 8.46. The minimum absolute atomic E-state index is 0.0396. The number of nitrogens with zero attached hydrogens (tertiary/aromatic N) is 4. The third-order valence-corrected chi connectivity index (χ3v) is 8.04. The summed E-state index contributed by atoms with van der Waals surface area (Å²) in [5.74, 6) is -0.239. The maximum Gasteiger partial charge on any atom is 0.274 e. The van der Waals surface area contributed by atoms with Crippen molar-refractivity contribution < 1.29 is 9.59 Å². The second-order valence-corrected chi connectivity index (χ2v) is 10.5. The number of nitrogens with one attached hydrogen (secondary N) is 1. The van der Waals surface area contributed by atoms with Crippen molar-refractivity contribution in [2.24, 2.45) is 0 Å². The molecule has 1 aliphatic heterocycles. The molecule has 0 radical (unpaired) electrons. The molecule has 33 heavy (non-hydrogen) atoms. The van der Waals surface area contributed by atoms with Gasteiger partial charge in [0, 0.05) is 24.7 Å². The van der Waals surface area contributed by atoms with Gasteiger partial charge in [0.2, 0.25) is 0 Å². The van der Waals surface area contributed by atoms with Crippen LogP contribution in [0.25, 0.3) is 15.4 Å². The summed E-state index contributed by atoms with van der Waals surface area (Å²) in [6.07, 6.45) is 2.71. The van der Waals surface area contributed by atoms with E-state index in [2.05, 4.69) is 47.3 Å². The van der Waals surface area contributed by atoms with Gasteiger partial charge < -0.3 is 10.2 Å². The molecule has 1 fully saturated rings. The molecule has 1 atom stereocenters. The summed E-state index contributed by atoms with van der Waals surface area (Å²) in [6, 6.07) is 6.21. The van der Waals surface area contributed by atoms with Crippen LogP contribution in [0.5, 0.6) is 0 Å². The molecule has 7 nitrogen and oxygen atoms in total. The van der Waals surface area contributed by atoms with Crippen LogP contribution in [0, 0.1) is 27.7 Å². The van der Waals surface area contributed by atoms with Crippen LogP contribution >= 0.6 is 22.7 Å². The van der Waals surface area contributed by atoms with Crippen molar-refractivity contribution in [2.75, 3.05) is 13.1 Å². The highest BCUT2D eigenvalue weighted by atomic mass is 32.1. The van der Waals surface area contributed by atoms with Crippen molar-refractivity contribution in [1.29, 1.82) is 0 Å². The molecule has 1 N–H and O–H groups in total. The molecule has 4 aromatic rings. The van der Waals surface area contributed by atoms with Gasteiger partial charge in [-0.1, -0.05) is 18.2 Å². The van der Waals surface area contributed by atoms with Gasteiger partial charge in [-0.15, -0.1) is 22.7 Å². The topological polar surface area (TPSA) is 79.6 Å². The van der Waals surface area contributed by atoms with Crippen LogP contribution in [-0.2, 0) is 0 Å². The summed E-state index contributed by atoms with van der Waals surface area (Å²) in [4.78, 5) is 38.8. The number of benzene rings is 1. The summed E-state index contributed by atoms with van der Waals surface area (Å²) in [5, 5.41) is 5.78. The van der Waals surface area contributed by atoms with Crippen LogP contribution in [0.2, 0.25) is 0 Å². The quantitative estimate of drug-likeness (QED) is 0.460. The lowest BCUT2D eigenvalue weighted by molar-refractivity contribution is 0.0451. The second kappa shape index (κ2) is 8.39. The number of aromatic nitrogens is 3. The molecule has 0 spiro atoms. The predicted molar refractivity (Wildman–Crippen MR) is 131 cm³/mol. The molecule has 0 aliphatic carbocycles. The Hall–Kier alpha value is -3.04. The van der Waals surface area contributed by atoms with Gasteiger partial charge in [-0.3, -0.25) is 14.0 Å². The number of rotatable bonds is 5. The molecule has 1 saturated heterocycles. The highest BCUT2D eigenvalue weighted by Gasteiger charge is 2.35. The average Bonchev–Trinajstić information content (AvgIpc) is 3.43. The third-order valence-electron chi connectivity index (χ3n) is 6.26. The molecule has 1 aromatic carbocycles. The largest absolute Gasteiger partial charge is 0.349 e. The fourth-order valence-corrected chi connectivity index (χ4v) is 5.83. The third kappa shape index (κ3) is 3.85. The molecule has 0 bridgehead atoms.